The first-order chi connectivity index (χ1) is 8.17. The number of aryl methyl sites for hydroxylation is 1. The molecule has 0 aliphatic rings. The third-order valence-corrected chi connectivity index (χ3v) is 2.46. The SMILES string of the molecule is CCc1ccc(OC(C)C(=O)NCCN)cc1. The summed E-state index contributed by atoms with van der Waals surface area (Å²) in [5.41, 5.74) is 6.55. The molecule has 0 fully saturated rings. The van der Waals surface area contributed by atoms with Crippen LogP contribution in [-0.4, -0.2) is 25.1 Å². The van der Waals surface area contributed by atoms with Crippen molar-refractivity contribution in [1.29, 1.82) is 0 Å². The third-order valence-electron chi connectivity index (χ3n) is 2.46. The van der Waals surface area contributed by atoms with Crippen LogP contribution in [0.3, 0.4) is 0 Å². The number of hydrogen-bond acceptors (Lipinski definition) is 3. The Labute approximate surface area is 102 Å². The lowest BCUT2D eigenvalue weighted by molar-refractivity contribution is -0.127. The minimum atomic E-state index is -0.506. The molecule has 1 aromatic rings. The number of benzene rings is 1. The van der Waals surface area contributed by atoms with Crippen LogP contribution in [0.15, 0.2) is 24.3 Å². The molecule has 0 bridgehead atoms. The van der Waals surface area contributed by atoms with E-state index in [4.69, 9.17) is 10.5 Å². The van der Waals surface area contributed by atoms with Gasteiger partial charge in [0.15, 0.2) is 6.10 Å². The quantitative estimate of drug-likeness (QED) is 0.777. The van der Waals surface area contributed by atoms with E-state index in [9.17, 15) is 4.79 Å². The first kappa shape index (κ1) is 13.5. The van der Waals surface area contributed by atoms with Crippen LogP contribution >= 0.6 is 0 Å². The second kappa shape index (κ2) is 6.91. The smallest absolute Gasteiger partial charge is 0.260 e. The van der Waals surface area contributed by atoms with E-state index in [1.54, 1.807) is 6.92 Å². The molecule has 0 spiro atoms. The average molecular weight is 236 g/mol. The first-order valence-electron chi connectivity index (χ1n) is 5.90. The Morgan fingerprint density at radius 2 is 2.06 bits per heavy atom. The summed E-state index contributed by atoms with van der Waals surface area (Å²) >= 11 is 0. The number of rotatable bonds is 6. The second-order valence-corrected chi connectivity index (χ2v) is 3.84. The van der Waals surface area contributed by atoms with Crippen molar-refractivity contribution in [3.63, 3.8) is 0 Å². The predicted octanol–water partition coefficient (Wildman–Crippen LogP) is 1.09. The highest BCUT2D eigenvalue weighted by molar-refractivity contribution is 5.80. The van der Waals surface area contributed by atoms with Gasteiger partial charge < -0.3 is 15.8 Å². The van der Waals surface area contributed by atoms with E-state index in [1.807, 2.05) is 24.3 Å². The molecule has 0 aromatic heterocycles. The molecule has 1 unspecified atom stereocenters. The molecule has 0 saturated carbocycles. The largest absolute Gasteiger partial charge is 0.481 e. The Morgan fingerprint density at radius 1 is 1.41 bits per heavy atom. The van der Waals surface area contributed by atoms with Crippen molar-refractivity contribution in [2.75, 3.05) is 13.1 Å². The molecule has 0 heterocycles. The summed E-state index contributed by atoms with van der Waals surface area (Å²) in [5.74, 6) is 0.563. The van der Waals surface area contributed by atoms with Gasteiger partial charge in [-0.3, -0.25) is 4.79 Å². The van der Waals surface area contributed by atoms with Gasteiger partial charge >= 0.3 is 0 Å². The molecule has 1 rings (SSSR count). The molecule has 0 saturated heterocycles. The predicted molar refractivity (Wildman–Crippen MR) is 68.0 cm³/mol. The van der Waals surface area contributed by atoms with E-state index in [0.29, 0.717) is 18.8 Å². The summed E-state index contributed by atoms with van der Waals surface area (Å²) in [6, 6.07) is 7.76. The van der Waals surface area contributed by atoms with Crippen molar-refractivity contribution in [3.8, 4) is 5.75 Å². The van der Waals surface area contributed by atoms with Gasteiger partial charge in [0.2, 0.25) is 0 Å². The second-order valence-electron chi connectivity index (χ2n) is 3.84. The minimum absolute atomic E-state index is 0.144. The molecule has 0 radical (unpaired) electrons. The van der Waals surface area contributed by atoms with E-state index in [2.05, 4.69) is 12.2 Å². The van der Waals surface area contributed by atoms with Gasteiger partial charge in [-0.25, -0.2) is 0 Å². The summed E-state index contributed by atoms with van der Waals surface area (Å²) in [6.45, 7) is 4.73. The summed E-state index contributed by atoms with van der Waals surface area (Å²) in [6.07, 6.45) is 0.487. The van der Waals surface area contributed by atoms with Crippen LogP contribution in [0, 0.1) is 0 Å². The average Bonchev–Trinajstić information content (AvgIpc) is 2.36. The Bertz CT molecular complexity index is 349. The van der Waals surface area contributed by atoms with E-state index >= 15 is 0 Å². The van der Waals surface area contributed by atoms with Crippen LogP contribution in [0.4, 0.5) is 0 Å². The molecule has 1 aromatic carbocycles. The molecular formula is C13H20N2O2. The zero-order chi connectivity index (χ0) is 12.7. The highest BCUT2D eigenvalue weighted by Crippen LogP contribution is 2.14. The van der Waals surface area contributed by atoms with Crippen LogP contribution in [0.5, 0.6) is 5.75 Å². The maximum absolute atomic E-state index is 11.5. The molecule has 1 atom stereocenters. The number of carbonyl (C=O) groups is 1. The van der Waals surface area contributed by atoms with Gasteiger partial charge in [-0.05, 0) is 31.0 Å². The Balaban J connectivity index is 2.49. The van der Waals surface area contributed by atoms with E-state index in [1.165, 1.54) is 5.56 Å². The van der Waals surface area contributed by atoms with E-state index < -0.39 is 6.10 Å². The summed E-state index contributed by atoms with van der Waals surface area (Å²) < 4.78 is 5.52. The molecule has 0 aliphatic heterocycles. The number of amides is 1. The fourth-order valence-electron chi connectivity index (χ4n) is 1.40. The summed E-state index contributed by atoms with van der Waals surface area (Å²) in [7, 11) is 0. The molecule has 4 nitrogen and oxygen atoms in total. The third kappa shape index (κ3) is 4.44. The zero-order valence-corrected chi connectivity index (χ0v) is 10.4. The van der Waals surface area contributed by atoms with Crippen LogP contribution in [-0.2, 0) is 11.2 Å². The van der Waals surface area contributed by atoms with Crippen molar-refractivity contribution >= 4 is 5.91 Å². The number of carbonyl (C=O) groups excluding carboxylic acids is 1. The number of hydrogen-bond donors (Lipinski definition) is 2. The molecule has 0 aliphatic carbocycles. The van der Waals surface area contributed by atoms with Crippen LogP contribution in [0.2, 0.25) is 0 Å². The molecular weight excluding hydrogens is 216 g/mol. The van der Waals surface area contributed by atoms with Gasteiger partial charge in [-0.1, -0.05) is 19.1 Å². The lowest BCUT2D eigenvalue weighted by Gasteiger charge is -2.14. The number of ether oxygens (including phenoxy) is 1. The zero-order valence-electron chi connectivity index (χ0n) is 10.4. The number of nitrogens with two attached hydrogens (primary N) is 1. The lowest BCUT2D eigenvalue weighted by atomic mass is 10.2. The van der Waals surface area contributed by atoms with Crippen LogP contribution in [0.1, 0.15) is 19.4 Å². The molecule has 4 heteroatoms. The van der Waals surface area contributed by atoms with Gasteiger partial charge in [-0.15, -0.1) is 0 Å². The summed E-state index contributed by atoms with van der Waals surface area (Å²) in [4.78, 5) is 11.5. The first-order valence-corrected chi connectivity index (χ1v) is 5.90. The van der Waals surface area contributed by atoms with Gasteiger partial charge in [0.25, 0.3) is 5.91 Å². The van der Waals surface area contributed by atoms with Gasteiger partial charge in [0.05, 0.1) is 0 Å². The standard InChI is InChI=1S/C13H20N2O2/c1-3-11-4-6-12(7-5-11)17-10(2)13(16)15-9-8-14/h4-7,10H,3,8-9,14H2,1-2H3,(H,15,16). The van der Waals surface area contributed by atoms with Crippen molar-refractivity contribution in [1.82, 2.24) is 5.32 Å². The van der Waals surface area contributed by atoms with Gasteiger partial charge in [0.1, 0.15) is 5.75 Å². The Kier molecular flexibility index (Phi) is 5.49. The van der Waals surface area contributed by atoms with Gasteiger partial charge in [0, 0.05) is 13.1 Å². The molecule has 17 heavy (non-hydrogen) atoms. The highest BCUT2D eigenvalue weighted by Gasteiger charge is 2.13. The van der Waals surface area contributed by atoms with Crippen LogP contribution < -0.4 is 15.8 Å². The Hall–Kier alpha value is -1.55. The minimum Gasteiger partial charge on any atom is -0.481 e. The van der Waals surface area contributed by atoms with Crippen molar-refractivity contribution in [2.24, 2.45) is 5.73 Å². The fraction of sp³-hybridized carbons (Fsp3) is 0.462. The van der Waals surface area contributed by atoms with Crippen molar-refractivity contribution in [3.05, 3.63) is 29.8 Å². The maximum Gasteiger partial charge on any atom is 0.260 e. The van der Waals surface area contributed by atoms with Gasteiger partial charge in [-0.2, -0.15) is 0 Å². The van der Waals surface area contributed by atoms with Crippen molar-refractivity contribution in [2.45, 2.75) is 26.4 Å². The van der Waals surface area contributed by atoms with Crippen molar-refractivity contribution < 1.29 is 9.53 Å². The summed E-state index contributed by atoms with van der Waals surface area (Å²) in [5, 5.41) is 2.69. The topological polar surface area (TPSA) is 64.3 Å². The molecule has 3 N–H and O–H groups in total. The molecule has 94 valence electrons. The fourth-order valence-corrected chi connectivity index (χ4v) is 1.40. The Morgan fingerprint density at radius 3 is 2.59 bits per heavy atom. The monoisotopic (exact) mass is 236 g/mol. The molecule has 1 amide bonds. The normalized spacial score (nSPS) is 11.9. The van der Waals surface area contributed by atoms with Crippen LogP contribution in [0.25, 0.3) is 0 Å². The highest BCUT2D eigenvalue weighted by atomic mass is 16.5. The lowest BCUT2D eigenvalue weighted by Crippen LogP contribution is -2.38. The maximum atomic E-state index is 11.5. The van der Waals surface area contributed by atoms with E-state index in [0.717, 1.165) is 6.42 Å². The number of nitrogens with one attached hydrogen (secondary N) is 1. The van der Waals surface area contributed by atoms with E-state index in [-0.39, 0.29) is 5.91 Å².